The van der Waals surface area contributed by atoms with E-state index in [1.165, 1.54) is 24.2 Å². The molecule has 4 nitrogen and oxygen atoms in total. The zero-order valence-electron chi connectivity index (χ0n) is 11.8. The highest BCUT2D eigenvalue weighted by Crippen LogP contribution is 2.35. The molecule has 1 aromatic rings. The average Bonchev–Trinajstić information content (AvgIpc) is 3.04. The monoisotopic (exact) mass is 282 g/mol. The Kier molecular flexibility index (Phi) is 4.45. The molecule has 0 spiro atoms. The van der Waals surface area contributed by atoms with Gasteiger partial charge in [0.05, 0.1) is 5.69 Å². The van der Waals surface area contributed by atoms with Crippen molar-refractivity contribution in [2.45, 2.75) is 46.0 Å². The van der Waals surface area contributed by atoms with Crippen LogP contribution in [0.15, 0.2) is 0 Å². The van der Waals surface area contributed by atoms with Crippen LogP contribution in [0.25, 0.3) is 0 Å². The van der Waals surface area contributed by atoms with E-state index >= 15 is 0 Å². The molecule has 0 aliphatic heterocycles. The highest BCUT2D eigenvalue weighted by molar-refractivity contribution is 7.17. The zero-order chi connectivity index (χ0) is 14.0. The van der Waals surface area contributed by atoms with Crippen LogP contribution in [0.4, 0.5) is 5.13 Å². The molecule has 1 heterocycles. The summed E-state index contributed by atoms with van der Waals surface area (Å²) in [7, 11) is 0. The molecule has 1 aliphatic carbocycles. The third-order valence-corrected chi connectivity index (χ3v) is 4.44. The van der Waals surface area contributed by atoms with E-state index < -0.39 is 5.97 Å². The predicted molar refractivity (Wildman–Crippen MR) is 78.4 cm³/mol. The minimum atomic E-state index is -0.852. The Hall–Kier alpha value is -1.10. The summed E-state index contributed by atoms with van der Waals surface area (Å²) in [4.78, 5) is 18.6. The summed E-state index contributed by atoms with van der Waals surface area (Å²) in [6, 6.07) is 0. The van der Waals surface area contributed by atoms with E-state index in [2.05, 4.69) is 16.8 Å². The van der Waals surface area contributed by atoms with Crippen LogP contribution >= 0.6 is 11.3 Å². The highest BCUT2D eigenvalue weighted by atomic mass is 32.1. The van der Waals surface area contributed by atoms with Crippen molar-refractivity contribution in [3.05, 3.63) is 10.6 Å². The minimum Gasteiger partial charge on any atom is -0.477 e. The molecule has 19 heavy (non-hydrogen) atoms. The summed E-state index contributed by atoms with van der Waals surface area (Å²) in [5.74, 6) is 0.0852. The second-order valence-corrected chi connectivity index (χ2v) is 6.54. The van der Waals surface area contributed by atoms with Crippen molar-refractivity contribution < 1.29 is 9.90 Å². The van der Waals surface area contributed by atoms with Crippen LogP contribution in [0.1, 0.15) is 61.3 Å². The van der Waals surface area contributed by atoms with Crippen LogP contribution in [0, 0.1) is 5.92 Å². The number of rotatable bonds is 7. The first-order chi connectivity index (χ1) is 9.02. The molecule has 106 valence electrons. The Morgan fingerprint density at radius 2 is 2.21 bits per heavy atom. The van der Waals surface area contributed by atoms with Gasteiger partial charge in [-0.05, 0) is 31.1 Å². The van der Waals surface area contributed by atoms with Crippen LogP contribution in [0.3, 0.4) is 0 Å². The molecule has 0 radical (unpaired) electrons. The zero-order valence-corrected chi connectivity index (χ0v) is 12.7. The number of thiazole rings is 1. The molecule has 0 saturated heterocycles. The summed E-state index contributed by atoms with van der Waals surface area (Å²) < 4.78 is 0. The lowest BCUT2D eigenvalue weighted by Gasteiger charge is -2.20. The second-order valence-electron chi connectivity index (χ2n) is 5.56. The van der Waals surface area contributed by atoms with Crippen molar-refractivity contribution in [2.75, 3.05) is 18.0 Å². The van der Waals surface area contributed by atoms with E-state index in [1.54, 1.807) is 0 Å². The van der Waals surface area contributed by atoms with Crippen LogP contribution in [-0.4, -0.2) is 29.1 Å². The van der Waals surface area contributed by atoms with Gasteiger partial charge < -0.3 is 10.0 Å². The molecule has 1 aromatic heterocycles. The molecule has 0 unspecified atom stereocenters. The van der Waals surface area contributed by atoms with Crippen molar-refractivity contribution >= 4 is 22.4 Å². The van der Waals surface area contributed by atoms with E-state index in [0.717, 1.165) is 36.3 Å². The predicted octanol–water partition coefficient (Wildman–Crippen LogP) is 3.59. The Balaban J connectivity index is 2.25. The molecule has 1 fully saturated rings. The highest BCUT2D eigenvalue weighted by Gasteiger charge is 2.27. The Morgan fingerprint density at radius 1 is 1.53 bits per heavy atom. The summed E-state index contributed by atoms with van der Waals surface area (Å²) in [5.41, 5.74) is 0.726. The second kappa shape index (κ2) is 5.90. The number of carbonyl (C=O) groups is 1. The molecule has 0 bridgehead atoms. The molecule has 1 aliphatic rings. The number of carboxylic acids is 1. The number of aromatic nitrogens is 1. The van der Waals surface area contributed by atoms with E-state index in [4.69, 9.17) is 0 Å². The smallest absolute Gasteiger partial charge is 0.347 e. The van der Waals surface area contributed by atoms with Crippen LogP contribution in [-0.2, 0) is 0 Å². The van der Waals surface area contributed by atoms with Gasteiger partial charge in [-0.15, -0.1) is 0 Å². The molecule has 1 N–H and O–H groups in total. The van der Waals surface area contributed by atoms with Crippen molar-refractivity contribution in [1.82, 2.24) is 4.98 Å². The first-order valence-electron chi connectivity index (χ1n) is 7.01. The van der Waals surface area contributed by atoms with Gasteiger partial charge in [0, 0.05) is 13.1 Å². The Bertz CT molecular complexity index is 452. The lowest BCUT2D eigenvalue weighted by molar-refractivity contribution is 0.0700. The lowest BCUT2D eigenvalue weighted by Crippen LogP contribution is -2.26. The fraction of sp³-hybridized carbons (Fsp3) is 0.714. The maximum absolute atomic E-state index is 11.3. The van der Waals surface area contributed by atoms with Gasteiger partial charge in [0.25, 0.3) is 0 Å². The fourth-order valence-electron chi connectivity index (χ4n) is 2.15. The summed E-state index contributed by atoms with van der Waals surface area (Å²) in [6.07, 6.45) is 3.66. The van der Waals surface area contributed by atoms with Crippen molar-refractivity contribution in [2.24, 2.45) is 5.92 Å². The maximum Gasteiger partial charge on any atom is 0.347 e. The quantitative estimate of drug-likeness (QED) is 0.830. The summed E-state index contributed by atoms with van der Waals surface area (Å²) in [6.45, 7) is 8.13. The van der Waals surface area contributed by atoms with E-state index in [0.29, 0.717) is 4.88 Å². The molecular formula is C14H22N2O2S. The first kappa shape index (κ1) is 14.3. The van der Waals surface area contributed by atoms with Crippen LogP contribution < -0.4 is 4.90 Å². The largest absolute Gasteiger partial charge is 0.477 e. The number of hydrogen-bond donors (Lipinski definition) is 1. The number of nitrogens with zero attached hydrogens (tertiary/aromatic N) is 2. The van der Waals surface area contributed by atoms with Crippen molar-refractivity contribution in [3.8, 4) is 0 Å². The minimum absolute atomic E-state index is 0.153. The molecule has 0 amide bonds. The van der Waals surface area contributed by atoms with Gasteiger partial charge >= 0.3 is 5.97 Å². The molecule has 0 aromatic carbocycles. The van der Waals surface area contributed by atoms with E-state index in [-0.39, 0.29) is 5.92 Å². The number of aromatic carboxylic acids is 1. The van der Waals surface area contributed by atoms with Gasteiger partial charge in [0.1, 0.15) is 4.88 Å². The number of hydrogen-bond acceptors (Lipinski definition) is 4. The van der Waals surface area contributed by atoms with Gasteiger partial charge in [-0.25, -0.2) is 9.78 Å². The average molecular weight is 282 g/mol. The summed E-state index contributed by atoms with van der Waals surface area (Å²) >= 11 is 1.33. The normalized spacial score (nSPS) is 14.9. The number of anilines is 1. The van der Waals surface area contributed by atoms with Crippen LogP contribution in [0.2, 0.25) is 0 Å². The van der Waals surface area contributed by atoms with Gasteiger partial charge in [0.15, 0.2) is 5.13 Å². The Labute approximate surface area is 118 Å². The van der Waals surface area contributed by atoms with Gasteiger partial charge in [0.2, 0.25) is 0 Å². The molecule has 0 atom stereocenters. The third-order valence-electron chi connectivity index (χ3n) is 3.32. The molecular weight excluding hydrogens is 260 g/mol. The van der Waals surface area contributed by atoms with Crippen molar-refractivity contribution in [3.63, 3.8) is 0 Å². The van der Waals surface area contributed by atoms with E-state index in [1.807, 2.05) is 13.8 Å². The third kappa shape index (κ3) is 3.47. The van der Waals surface area contributed by atoms with Crippen LogP contribution in [0.5, 0.6) is 0 Å². The summed E-state index contributed by atoms with van der Waals surface area (Å²) in [5, 5.41) is 10.2. The standard InChI is InChI=1S/C14H22N2O2S/c1-4-7-16(8-10-5-6-10)14-15-11(9(2)3)12(19-14)13(17)18/h9-10H,4-8H2,1-3H3,(H,17,18). The first-order valence-corrected chi connectivity index (χ1v) is 7.83. The van der Waals surface area contributed by atoms with Crippen molar-refractivity contribution in [1.29, 1.82) is 0 Å². The molecule has 2 rings (SSSR count). The fourth-order valence-corrected chi connectivity index (χ4v) is 3.24. The maximum atomic E-state index is 11.3. The molecule has 1 saturated carbocycles. The number of carboxylic acid groups (broad SMARTS) is 1. The molecule has 5 heteroatoms. The van der Waals surface area contributed by atoms with E-state index in [9.17, 15) is 9.90 Å². The Morgan fingerprint density at radius 3 is 2.63 bits per heavy atom. The lowest BCUT2D eigenvalue weighted by atomic mass is 10.1. The van der Waals surface area contributed by atoms with Gasteiger partial charge in [-0.2, -0.15) is 0 Å². The topological polar surface area (TPSA) is 53.4 Å². The van der Waals surface area contributed by atoms with Gasteiger partial charge in [-0.3, -0.25) is 0 Å². The SMILES string of the molecule is CCCN(CC1CC1)c1nc(C(C)C)c(C(=O)O)s1. The van der Waals surface area contributed by atoms with Gasteiger partial charge in [-0.1, -0.05) is 32.1 Å².